The quantitative estimate of drug-likeness (QED) is 0.423. The summed E-state index contributed by atoms with van der Waals surface area (Å²) in [5.41, 5.74) is 0.789. The third kappa shape index (κ3) is 4.37. The molecule has 0 atom stereocenters. The highest BCUT2D eigenvalue weighted by Gasteiger charge is 2.16. The number of methoxy groups -OCH3 is 2. The number of pyridine rings is 1. The van der Waals surface area contributed by atoms with Gasteiger partial charge in [0, 0.05) is 30.6 Å². The maximum absolute atomic E-state index is 12.3. The fraction of sp³-hybridized carbons (Fsp3) is 0.235. The normalized spacial score (nSPS) is 10.2. The average molecular weight is 315 g/mol. The molecule has 0 aliphatic rings. The first kappa shape index (κ1) is 16.6. The first-order chi connectivity index (χ1) is 11.2. The molecule has 2 aromatic rings. The average Bonchev–Trinajstić information content (AvgIpc) is 2.60. The third-order valence-electron chi connectivity index (χ3n) is 3.12. The van der Waals surface area contributed by atoms with E-state index in [1.807, 2.05) is 0 Å². The number of rotatable bonds is 8. The number of benzene rings is 1. The van der Waals surface area contributed by atoms with Crippen LogP contribution in [0.25, 0.3) is 0 Å². The highest BCUT2D eigenvalue weighted by Crippen LogP contribution is 2.28. The minimum absolute atomic E-state index is 0.0726. The Bertz CT molecular complexity index is 685. The molecule has 1 heterocycles. The molecule has 0 aliphatic heterocycles. The van der Waals surface area contributed by atoms with Gasteiger partial charge < -0.3 is 14.2 Å². The summed E-state index contributed by atoms with van der Waals surface area (Å²) in [5.74, 6) is 0.295. The summed E-state index contributed by atoms with van der Waals surface area (Å²) in [7, 11) is 2.98. The topological polar surface area (TPSA) is 74.7 Å². The number of carbonyl (C=O) groups is 2. The Morgan fingerprint density at radius 3 is 2.48 bits per heavy atom. The molecule has 120 valence electrons. The van der Waals surface area contributed by atoms with Gasteiger partial charge in [0.1, 0.15) is 0 Å². The summed E-state index contributed by atoms with van der Waals surface area (Å²) in [6.07, 6.45) is 2.78. The summed E-state index contributed by atoms with van der Waals surface area (Å²) in [6.45, 7) is 0.0726. The van der Waals surface area contributed by atoms with Crippen molar-refractivity contribution in [3.63, 3.8) is 0 Å². The van der Waals surface area contributed by atoms with E-state index >= 15 is 0 Å². The molecule has 6 nitrogen and oxygen atoms in total. The zero-order valence-corrected chi connectivity index (χ0v) is 12.9. The molecule has 0 N–H and O–H groups in total. The number of hydrogen-bond donors (Lipinski definition) is 0. The van der Waals surface area contributed by atoms with Gasteiger partial charge in [-0.1, -0.05) is 0 Å². The van der Waals surface area contributed by atoms with E-state index in [-0.39, 0.29) is 24.8 Å². The van der Waals surface area contributed by atoms with Crippen LogP contribution in [0.2, 0.25) is 0 Å². The summed E-state index contributed by atoms with van der Waals surface area (Å²) in [4.78, 5) is 28.2. The van der Waals surface area contributed by atoms with Gasteiger partial charge in [0.05, 0.1) is 13.5 Å². The smallest absolute Gasteiger partial charge is 0.188 e. The lowest BCUT2D eigenvalue weighted by atomic mass is 10.0. The second-order valence-corrected chi connectivity index (χ2v) is 4.68. The Morgan fingerprint density at radius 2 is 1.83 bits per heavy atom. The van der Waals surface area contributed by atoms with Crippen LogP contribution in [0.15, 0.2) is 42.7 Å². The highest BCUT2D eigenvalue weighted by molar-refractivity contribution is 6.13. The minimum atomic E-state index is -0.296. The molecule has 23 heavy (non-hydrogen) atoms. The van der Waals surface area contributed by atoms with Crippen molar-refractivity contribution in [2.24, 2.45) is 0 Å². The standard InChI is InChI=1S/C17H17NO5/c1-21-11-23-16-6-5-12(8-17(16)22-2)14(19)9-15(20)13-4-3-7-18-10-13/h3-8,10H,9,11H2,1-2H3. The Hall–Kier alpha value is -2.73. The van der Waals surface area contributed by atoms with Gasteiger partial charge in [-0.2, -0.15) is 0 Å². The molecular formula is C17H17NO5. The molecule has 1 aromatic heterocycles. The zero-order valence-electron chi connectivity index (χ0n) is 12.9. The van der Waals surface area contributed by atoms with E-state index in [1.54, 1.807) is 36.5 Å². The Balaban J connectivity index is 2.11. The predicted molar refractivity (Wildman–Crippen MR) is 83.0 cm³/mol. The van der Waals surface area contributed by atoms with Crippen molar-refractivity contribution < 1.29 is 23.8 Å². The van der Waals surface area contributed by atoms with Crippen molar-refractivity contribution in [1.29, 1.82) is 0 Å². The molecule has 0 fully saturated rings. The van der Waals surface area contributed by atoms with Crippen molar-refractivity contribution in [2.45, 2.75) is 6.42 Å². The van der Waals surface area contributed by atoms with E-state index < -0.39 is 0 Å². The van der Waals surface area contributed by atoms with Gasteiger partial charge in [-0.15, -0.1) is 0 Å². The van der Waals surface area contributed by atoms with E-state index in [0.29, 0.717) is 22.6 Å². The summed E-state index contributed by atoms with van der Waals surface area (Å²) in [6, 6.07) is 8.03. The molecule has 0 unspecified atom stereocenters. The molecule has 0 radical (unpaired) electrons. The number of carbonyl (C=O) groups excluding carboxylic acids is 2. The summed E-state index contributed by atoms with van der Waals surface area (Å²) >= 11 is 0. The molecule has 0 aliphatic carbocycles. The van der Waals surface area contributed by atoms with Crippen LogP contribution in [0.3, 0.4) is 0 Å². The van der Waals surface area contributed by atoms with Crippen LogP contribution < -0.4 is 9.47 Å². The zero-order chi connectivity index (χ0) is 16.7. The van der Waals surface area contributed by atoms with E-state index in [0.717, 1.165) is 0 Å². The Labute approximate surface area is 134 Å². The third-order valence-corrected chi connectivity index (χ3v) is 3.12. The van der Waals surface area contributed by atoms with E-state index in [2.05, 4.69) is 4.98 Å². The molecule has 1 aromatic carbocycles. The summed E-state index contributed by atoms with van der Waals surface area (Å²) < 4.78 is 15.4. The van der Waals surface area contributed by atoms with E-state index in [1.165, 1.54) is 20.4 Å². The Morgan fingerprint density at radius 1 is 1.04 bits per heavy atom. The van der Waals surface area contributed by atoms with Crippen LogP contribution in [0.5, 0.6) is 11.5 Å². The van der Waals surface area contributed by atoms with Crippen molar-refractivity contribution in [3.8, 4) is 11.5 Å². The number of hydrogen-bond acceptors (Lipinski definition) is 6. The van der Waals surface area contributed by atoms with Crippen LogP contribution in [0.4, 0.5) is 0 Å². The lowest BCUT2D eigenvalue weighted by molar-refractivity contribution is 0.0491. The van der Waals surface area contributed by atoms with Crippen LogP contribution in [0, 0.1) is 0 Å². The fourth-order valence-electron chi connectivity index (χ4n) is 1.96. The summed E-state index contributed by atoms with van der Waals surface area (Å²) in [5, 5.41) is 0. The van der Waals surface area contributed by atoms with Gasteiger partial charge in [0.25, 0.3) is 0 Å². The second-order valence-electron chi connectivity index (χ2n) is 4.68. The highest BCUT2D eigenvalue weighted by atomic mass is 16.7. The molecule has 0 amide bonds. The monoisotopic (exact) mass is 315 g/mol. The molecule has 0 spiro atoms. The van der Waals surface area contributed by atoms with E-state index in [9.17, 15) is 9.59 Å². The van der Waals surface area contributed by atoms with Crippen molar-refractivity contribution >= 4 is 11.6 Å². The van der Waals surface area contributed by atoms with Crippen molar-refractivity contribution in [3.05, 3.63) is 53.9 Å². The largest absolute Gasteiger partial charge is 0.493 e. The lowest BCUT2D eigenvalue weighted by Crippen LogP contribution is -2.09. The second kappa shape index (κ2) is 8.05. The molecular weight excluding hydrogens is 298 g/mol. The molecule has 0 bridgehead atoms. The predicted octanol–water partition coefficient (Wildman–Crippen LogP) is 2.53. The first-order valence-electron chi connectivity index (χ1n) is 6.92. The fourth-order valence-corrected chi connectivity index (χ4v) is 1.96. The van der Waals surface area contributed by atoms with Crippen molar-refractivity contribution in [2.75, 3.05) is 21.0 Å². The van der Waals surface area contributed by atoms with Crippen LogP contribution in [0.1, 0.15) is 27.1 Å². The van der Waals surface area contributed by atoms with Crippen LogP contribution in [-0.2, 0) is 4.74 Å². The SMILES string of the molecule is COCOc1ccc(C(=O)CC(=O)c2cccnc2)cc1OC. The van der Waals surface area contributed by atoms with Gasteiger partial charge in [-0.05, 0) is 30.3 Å². The number of nitrogens with zero attached hydrogens (tertiary/aromatic N) is 1. The van der Waals surface area contributed by atoms with Gasteiger partial charge in [-0.3, -0.25) is 14.6 Å². The maximum Gasteiger partial charge on any atom is 0.188 e. The van der Waals surface area contributed by atoms with Gasteiger partial charge in [-0.25, -0.2) is 0 Å². The molecule has 0 saturated heterocycles. The maximum atomic E-state index is 12.3. The van der Waals surface area contributed by atoms with Gasteiger partial charge >= 0.3 is 0 Å². The van der Waals surface area contributed by atoms with Gasteiger partial charge in [0.15, 0.2) is 29.9 Å². The lowest BCUT2D eigenvalue weighted by Gasteiger charge is -2.11. The minimum Gasteiger partial charge on any atom is -0.493 e. The number of aromatic nitrogens is 1. The first-order valence-corrected chi connectivity index (χ1v) is 6.92. The Kier molecular flexibility index (Phi) is 5.82. The van der Waals surface area contributed by atoms with Crippen molar-refractivity contribution in [1.82, 2.24) is 4.98 Å². The molecule has 6 heteroatoms. The molecule has 0 saturated carbocycles. The van der Waals surface area contributed by atoms with Gasteiger partial charge in [0.2, 0.25) is 0 Å². The molecule has 2 rings (SSSR count). The number of ketones is 2. The number of Topliss-reactive ketones (excluding diaryl/α,β-unsaturated/α-hetero) is 2. The number of ether oxygens (including phenoxy) is 3. The van der Waals surface area contributed by atoms with Crippen LogP contribution >= 0.6 is 0 Å². The van der Waals surface area contributed by atoms with Crippen LogP contribution in [-0.4, -0.2) is 37.6 Å². The van der Waals surface area contributed by atoms with E-state index in [4.69, 9.17) is 14.2 Å².